The van der Waals surface area contributed by atoms with Gasteiger partial charge in [-0.2, -0.15) is 4.98 Å². The average Bonchev–Trinajstić information content (AvgIpc) is 3.27. The van der Waals surface area contributed by atoms with E-state index in [-0.39, 0.29) is 11.7 Å². The molecule has 31 heavy (non-hydrogen) atoms. The fourth-order valence-corrected chi connectivity index (χ4v) is 3.77. The van der Waals surface area contributed by atoms with E-state index in [1.54, 1.807) is 12.1 Å². The number of nitrogens with zero attached hydrogens (tertiary/aromatic N) is 4. The molecule has 1 aliphatic heterocycles. The SMILES string of the molecule is CC(C)c1ccc(-c2noc(CCC(=O)N3CCN(c4ccccc4F)CC3)n2)cc1. The Hall–Kier alpha value is -3.22. The molecule has 0 aliphatic carbocycles. The summed E-state index contributed by atoms with van der Waals surface area (Å²) in [6.07, 6.45) is 0.719. The van der Waals surface area contributed by atoms with Gasteiger partial charge < -0.3 is 14.3 Å². The van der Waals surface area contributed by atoms with Crippen LogP contribution in [0.15, 0.2) is 53.1 Å². The van der Waals surface area contributed by atoms with Gasteiger partial charge in [0.1, 0.15) is 5.82 Å². The number of aryl methyl sites for hydroxylation is 1. The van der Waals surface area contributed by atoms with E-state index in [0.717, 1.165) is 5.56 Å². The first-order chi connectivity index (χ1) is 15.0. The molecule has 0 spiro atoms. The molecule has 6 nitrogen and oxygen atoms in total. The van der Waals surface area contributed by atoms with Crippen molar-refractivity contribution in [3.63, 3.8) is 0 Å². The molecule has 0 radical (unpaired) electrons. The highest BCUT2D eigenvalue weighted by molar-refractivity contribution is 5.76. The molecule has 2 aromatic carbocycles. The lowest BCUT2D eigenvalue weighted by Gasteiger charge is -2.36. The lowest BCUT2D eigenvalue weighted by Crippen LogP contribution is -2.49. The molecule has 1 aromatic heterocycles. The Kier molecular flexibility index (Phi) is 6.30. The average molecular weight is 423 g/mol. The van der Waals surface area contributed by atoms with Gasteiger partial charge in [-0.3, -0.25) is 4.79 Å². The van der Waals surface area contributed by atoms with E-state index in [4.69, 9.17) is 4.52 Å². The third-order valence-corrected chi connectivity index (χ3v) is 5.68. The number of amides is 1. The van der Waals surface area contributed by atoms with Crippen molar-refractivity contribution in [3.05, 3.63) is 65.8 Å². The maximum atomic E-state index is 14.0. The zero-order valence-corrected chi connectivity index (χ0v) is 17.9. The topological polar surface area (TPSA) is 62.5 Å². The number of rotatable bonds is 6. The highest BCUT2D eigenvalue weighted by Gasteiger charge is 2.23. The number of anilines is 1. The molecule has 162 valence electrons. The lowest BCUT2D eigenvalue weighted by molar-refractivity contribution is -0.131. The van der Waals surface area contributed by atoms with Crippen LogP contribution in [0, 0.1) is 5.82 Å². The number of carbonyl (C=O) groups excluding carboxylic acids is 1. The Morgan fingerprint density at radius 3 is 2.45 bits per heavy atom. The molecule has 0 N–H and O–H groups in total. The zero-order valence-electron chi connectivity index (χ0n) is 17.9. The van der Waals surface area contributed by atoms with Crippen LogP contribution in [0.4, 0.5) is 10.1 Å². The highest BCUT2D eigenvalue weighted by Crippen LogP contribution is 2.22. The first-order valence-corrected chi connectivity index (χ1v) is 10.7. The summed E-state index contributed by atoms with van der Waals surface area (Å²) in [5.41, 5.74) is 2.75. The van der Waals surface area contributed by atoms with Crippen LogP contribution >= 0.6 is 0 Å². The maximum absolute atomic E-state index is 14.0. The van der Waals surface area contributed by atoms with Gasteiger partial charge in [-0.05, 0) is 23.6 Å². The van der Waals surface area contributed by atoms with E-state index in [9.17, 15) is 9.18 Å². The van der Waals surface area contributed by atoms with Crippen LogP contribution in [-0.2, 0) is 11.2 Å². The van der Waals surface area contributed by atoms with Gasteiger partial charge >= 0.3 is 0 Å². The number of hydrogen-bond acceptors (Lipinski definition) is 5. The van der Waals surface area contributed by atoms with Crippen molar-refractivity contribution in [1.29, 1.82) is 0 Å². The third kappa shape index (κ3) is 4.93. The van der Waals surface area contributed by atoms with Crippen LogP contribution in [0.25, 0.3) is 11.4 Å². The molecule has 1 fully saturated rings. The monoisotopic (exact) mass is 422 g/mol. The largest absolute Gasteiger partial charge is 0.366 e. The van der Waals surface area contributed by atoms with Crippen LogP contribution in [0.1, 0.15) is 37.6 Å². The van der Waals surface area contributed by atoms with Crippen LogP contribution < -0.4 is 4.90 Å². The molecule has 0 unspecified atom stereocenters. The molecular formula is C24H27FN4O2. The minimum absolute atomic E-state index is 0.0502. The highest BCUT2D eigenvalue weighted by atomic mass is 19.1. The second-order valence-corrected chi connectivity index (χ2v) is 8.11. The van der Waals surface area contributed by atoms with Crippen molar-refractivity contribution in [1.82, 2.24) is 15.0 Å². The fraction of sp³-hybridized carbons (Fsp3) is 0.375. The molecule has 3 aromatic rings. The minimum atomic E-state index is -0.228. The minimum Gasteiger partial charge on any atom is -0.366 e. The van der Waals surface area contributed by atoms with Gasteiger partial charge in [0, 0.05) is 44.6 Å². The summed E-state index contributed by atoms with van der Waals surface area (Å²) in [6, 6.07) is 14.9. The summed E-state index contributed by atoms with van der Waals surface area (Å²) in [4.78, 5) is 20.8. The molecule has 1 aliphatic rings. The Morgan fingerprint density at radius 2 is 1.77 bits per heavy atom. The van der Waals surface area contributed by atoms with Crippen LogP contribution in [0.2, 0.25) is 0 Å². The Labute approximate surface area is 181 Å². The lowest BCUT2D eigenvalue weighted by atomic mass is 10.0. The number of hydrogen-bond donors (Lipinski definition) is 0. The molecule has 0 bridgehead atoms. The quantitative estimate of drug-likeness (QED) is 0.593. The number of carbonyl (C=O) groups is 1. The Morgan fingerprint density at radius 1 is 1.06 bits per heavy atom. The molecule has 1 saturated heterocycles. The first-order valence-electron chi connectivity index (χ1n) is 10.7. The summed E-state index contributed by atoms with van der Waals surface area (Å²) < 4.78 is 19.3. The maximum Gasteiger partial charge on any atom is 0.227 e. The molecule has 2 heterocycles. The van der Waals surface area contributed by atoms with E-state index in [1.807, 2.05) is 28.0 Å². The van der Waals surface area contributed by atoms with Crippen molar-refractivity contribution in [2.75, 3.05) is 31.1 Å². The van der Waals surface area contributed by atoms with Crippen LogP contribution in [-0.4, -0.2) is 47.1 Å². The summed E-state index contributed by atoms with van der Waals surface area (Å²) in [7, 11) is 0. The van der Waals surface area contributed by atoms with Gasteiger partial charge in [0.15, 0.2) is 0 Å². The predicted octanol–water partition coefficient (Wildman–Crippen LogP) is 4.28. The second-order valence-electron chi connectivity index (χ2n) is 8.11. The fourth-order valence-electron chi connectivity index (χ4n) is 3.77. The summed E-state index contributed by atoms with van der Waals surface area (Å²) in [6.45, 7) is 6.68. The second kappa shape index (κ2) is 9.29. The molecule has 0 saturated carbocycles. The Bertz CT molecular complexity index is 1020. The van der Waals surface area contributed by atoms with E-state index < -0.39 is 0 Å². The number of aromatic nitrogens is 2. The molecule has 4 rings (SSSR count). The first kappa shape index (κ1) is 21.0. The van der Waals surface area contributed by atoms with E-state index in [2.05, 4.69) is 36.1 Å². The van der Waals surface area contributed by atoms with Crippen molar-refractivity contribution < 1.29 is 13.7 Å². The number of piperazine rings is 1. The van der Waals surface area contributed by atoms with Crippen molar-refractivity contribution in [2.45, 2.75) is 32.6 Å². The van der Waals surface area contributed by atoms with Crippen LogP contribution in [0.5, 0.6) is 0 Å². The normalized spacial score (nSPS) is 14.3. The van der Waals surface area contributed by atoms with Gasteiger partial charge in [0.25, 0.3) is 0 Å². The Balaban J connectivity index is 1.28. The standard InChI is InChI=1S/C24H27FN4O2/c1-17(2)18-7-9-19(10-8-18)24-26-22(31-27-24)11-12-23(30)29-15-13-28(14-16-29)21-6-4-3-5-20(21)25/h3-10,17H,11-16H2,1-2H3. The predicted molar refractivity (Wildman–Crippen MR) is 117 cm³/mol. The number of para-hydroxylation sites is 1. The molecule has 7 heteroatoms. The molecule has 1 amide bonds. The van der Waals surface area contributed by atoms with Crippen molar-refractivity contribution >= 4 is 11.6 Å². The van der Waals surface area contributed by atoms with Gasteiger partial charge in [-0.15, -0.1) is 0 Å². The smallest absolute Gasteiger partial charge is 0.227 e. The van der Waals surface area contributed by atoms with Gasteiger partial charge in [-0.1, -0.05) is 55.4 Å². The molecule has 0 atom stereocenters. The summed E-state index contributed by atoms with van der Waals surface area (Å²) >= 11 is 0. The third-order valence-electron chi connectivity index (χ3n) is 5.68. The van der Waals surface area contributed by atoms with Crippen molar-refractivity contribution in [3.8, 4) is 11.4 Å². The van der Waals surface area contributed by atoms with E-state index in [1.165, 1.54) is 11.6 Å². The van der Waals surface area contributed by atoms with Crippen LogP contribution in [0.3, 0.4) is 0 Å². The van der Waals surface area contributed by atoms with E-state index >= 15 is 0 Å². The molecular weight excluding hydrogens is 395 g/mol. The zero-order chi connectivity index (χ0) is 21.8. The number of halogens is 1. The summed E-state index contributed by atoms with van der Waals surface area (Å²) in [5.74, 6) is 1.29. The van der Waals surface area contributed by atoms with Gasteiger partial charge in [-0.25, -0.2) is 4.39 Å². The van der Waals surface area contributed by atoms with Crippen molar-refractivity contribution in [2.24, 2.45) is 0 Å². The summed E-state index contributed by atoms with van der Waals surface area (Å²) in [5, 5.41) is 4.05. The number of benzene rings is 2. The van der Waals surface area contributed by atoms with E-state index in [0.29, 0.717) is 62.3 Å². The van der Waals surface area contributed by atoms with Gasteiger partial charge in [0.2, 0.25) is 17.6 Å². The van der Waals surface area contributed by atoms with Gasteiger partial charge in [0.05, 0.1) is 5.69 Å².